The topological polar surface area (TPSA) is 84.9 Å². The highest BCUT2D eigenvalue weighted by molar-refractivity contribution is 5.95. The van der Waals surface area contributed by atoms with E-state index in [0.717, 1.165) is 12.8 Å². The summed E-state index contributed by atoms with van der Waals surface area (Å²) in [5.74, 6) is -0.456. The molecule has 0 saturated heterocycles. The highest BCUT2D eigenvalue weighted by atomic mass is 16.7. The molecular weight excluding hydrogens is 274 g/mol. The molecule has 1 fully saturated rings. The molecule has 1 heterocycles. The minimum Gasteiger partial charge on any atom is -0.481 e. The van der Waals surface area contributed by atoms with Gasteiger partial charge in [0.2, 0.25) is 6.79 Å². The number of ether oxygens (including phenoxy) is 2. The molecule has 6 nitrogen and oxygen atoms in total. The SMILES string of the molecule is O=C(NC1CCCCC1C(=O)O)c1ccc2c(c1)OCO2. The van der Waals surface area contributed by atoms with E-state index in [1.54, 1.807) is 18.2 Å². The van der Waals surface area contributed by atoms with Crippen LogP contribution < -0.4 is 14.8 Å². The van der Waals surface area contributed by atoms with E-state index in [1.165, 1.54) is 0 Å². The Hall–Kier alpha value is -2.24. The maximum absolute atomic E-state index is 12.3. The number of hydrogen-bond donors (Lipinski definition) is 2. The first-order valence-corrected chi connectivity index (χ1v) is 7.08. The molecule has 2 unspecified atom stereocenters. The number of carboxylic acids is 1. The second-order valence-electron chi connectivity index (χ2n) is 5.38. The van der Waals surface area contributed by atoms with Gasteiger partial charge in [0.25, 0.3) is 5.91 Å². The Morgan fingerprint density at radius 2 is 1.90 bits per heavy atom. The van der Waals surface area contributed by atoms with Crippen LogP contribution in [-0.4, -0.2) is 29.8 Å². The van der Waals surface area contributed by atoms with E-state index in [-0.39, 0.29) is 18.7 Å². The molecule has 0 radical (unpaired) electrons. The van der Waals surface area contributed by atoms with Crippen molar-refractivity contribution in [1.82, 2.24) is 5.32 Å². The van der Waals surface area contributed by atoms with Gasteiger partial charge in [-0.25, -0.2) is 0 Å². The summed E-state index contributed by atoms with van der Waals surface area (Å²) in [6.45, 7) is 0.157. The van der Waals surface area contributed by atoms with Crippen molar-refractivity contribution in [3.8, 4) is 11.5 Å². The molecule has 1 amide bonds. The van der Waals surface area contributed by atoms with Crippen LogP contribution in [0, 0.1) is 5.92 Å². The average Bonchev–Trinajstić information content (AvgIpc) is 2.94. The predicted octanol–water partition coefficient (Wildman–Crippen LogP) is 1.79. The summed E-state index contributed by atoms with van der Waals surface area (Å²) >= 11 is 0. The molecule has 1 aliphatic carbocycles. The van der Waals surface area contributed by atoms with Crippen LogP contribution in [-0.2, 0) is 4.79 Å². The van der Waals surface area contributed by atoms with Crippen LogP contribution in [0.1, 0.15) is 36.0 Å². The molecule has 3 rings (SSSR count). The number of rotatable bonds is 3. The van der Waals surface area contributed by atoms with Crippen LogP contribution in [0.25, 0.3) is 0 Å². The molecule has 0 aromatic heterocycles. The van der Waals surface area contributed by atoms with Gasteiger partial charge in [-0.1, -0.05) is 12.8 Å². The van der Waals surface area contributed by atoms with Crippen molar-refractivity contribution in [2.24, 2.45) is 5.92 Å². The number of carboxylic acid groups (broad SMARTS) is 1. The molecular formula is C15H17NO5. The Kier molecular flexibility index (Phi) is 3.68. The first-order valence-electron chi connectivity index (χ1n) is 7.08. The van der Waals surface area contributed by atoms with E-state index in [9.17, 15) is 14.7 Å². The Labute approximate surface area is 122 Å². The van der Waals surface area contributed by atoms with Crippen molar-refractivity contribution in [2.45, 2.75) is 31.7 Å². The lowest BCUT2D eigenvalue weighted by atomic mass is 9.84. The zero-order valence-corrected chi connectivity index (χ0v) is 11.5. The zero-order valence-electron chi connectivity index (χ0n) is 11.5. The Morgan fingerprint density at radius 1 is 1.14 bits per heavy atom. The third kappa shape index (κ3) is 2.79. The normalized spacial score (nSPS) is 23.6. The molecule has 1 aromatic rings. The van der Waals surface area contributed by atoms with Crippen molar-refractivity contribution >= 4 is 11.9 Å². The van der Waals surface area contributed by atoms with Crippen LogP contribution in [0.4, 0.5) is 0 Å². The van der Waals surface area contributed by atoms with Gasteiger partial charge in [-0.2, -0.15) is 0 Å². The van der Waals surface area contributed by atoms with E-state index in [0.29, 0.717) is 29.9 Å². The summed E-state index contributed by atoms with van der Waals surface area (Å²) in [5, 5.41) is 12.1. The van der Waals surface area contributed by atoms with E-state index < -0.39 is 11.9 Å². The lowest BCUT2D eigenvalue weighted by Gasteiger charge is -2.29. The van der Waals surface area contributed by atoms with Crippen molar-refractivity contribution in [2.75, 3.05) is 6.79 Å². The number of carbonyl (C=O) groups excluding carboxylic acids is 1. The van der Waals surface area contributed by atoms with Gasteiger partial charge in [0, 0.05) is 11.6 Å². The highest BCUT2D eigenvalue weighted by Crippen LogP contribution is 2.32. The fourth-order valence-corrected chi connectivity index (χ4v) is 2.89. The van der Waals surface area contributed by atoms with Gasteiger partial charge in [0.15, 0.2) is 11.5 Å². The van der Waals surface area contributed by atoms with Gasteiger partial charge in [-0.3, -0.25) is 9.59 Å². The van der Waals surface area contributed by atoms with Crippen LogP contribution in [0.3, 0.4) is 0 Å². The third-order valence-electron chi connectivity index (χ3n) is 4.03. The number of amides is 1. The second-order valence-corrected chi connectivity index (χ2v) is 5.38. The summed E-state index contributed by atoms with van der Waals surface area (Å²) in [6, 6.07) is 4.65. The number of hydrogen-bond acceptors (Lipinski definition) is 4. The summed E-state index contributed by atoms with van der Waals surface area (Å²) in [7, 11) is 0. The molecule has 6 heteroatoms. The number of aliphatic carboxylic acids is 1. The van der Waals surface area contributed by atoms with Crippen LogP contribution in [0.2, 0.25) is 0 Å². The molecule has 0 spiro atoms. The highest BCUT2D eigenvalue weighted by Gasteiger charge is 2.32. The first-order chi connectivity index (χ1) is 10.1. The molecule has 1 aromatic carbocycles. The van der Waals surface area contributed by atoms with Crippen molar-refractivity contribution in [3.63, 3.8) is 0 Å². The summed E-state index contributed by atoms with van der Waals surface area (Å²) in [6.07, 6.45) is 3.15. The van der Waals surface area contributed by atoms with Crippen LogP contribution in [0.5, 0.6) is 11.5 Å². The molecule has 0 bridgehead atoms. The quantitative estimate of drug-likeness (QED) is 0.887. The Bertz CT molecular complexity index is 571. The van der Waals surface area contributed by atoms with Gasteiger partial charge < -0.3 is 19.9 Å². The fourth-order valence-electron chi connectivity index (χ4n) is 2.89. The van der Waals surface area contributed by atoms with Crippen molar-refractivity contribution < 1.29 is 24.2 Å². The maximum Gasteiger partial charge on any atom is 0.308 e. The molecule has 1 aliphatic heterocycles. The standard InChI is InChI=1S/C15H17NO5/c17-14(9-5-6-12-13(7-9)21-8-20-12)16-11-4-2-1-3-10(11)15(18)19/h5-7,10-11H,1-4,8H2,(H,16,17)(H,18,19). The molecule has 112 valence electrons. The smallest absolute Gasteiger partial charge is 0.308 e. The Morgan fingerprint density at radius 3 is 2.71 bits per heavy atom. The minimum atomic E-state index is -0.842. The lowest BCUT2D eigenvalue weighted by Crippen LogP contribution is -2.45. The summed E-state index contributed by atoms with van der Waals surface area (Å²) in [4.78, 5) is 23.5. The Balaban J connectivity index is 1.72. The second kappa shape index (κ2) is 5.63. The van der Waals surface area contributed by atoms with Gasteiger partial charge in [-0.15, -0.1) is 0 Å². The maximum atomic E-state index is 12.3. The van der Waals surface area contributed by atoms with E-state index in [4.69, 9.17) is 9.47 Å². The van der Waals surface area contributed by atoms with Crippen molar-refractivity contribution in [1.29, 1.82) is 0 Å². The summed E-state index contributed by atoms with van der Waals surface area (Å²) < 4.78 is 10.4. The fraction of sp³-hybridized carbons (Fsp3) is 0.467. The van der Waals surface area contributed by atoms with E-state index in [2.05, 4.69) is 5.32 Å². The molecule has 2 N–H and O–H groups in total. The monoisotopic (exact) mass is 291 g/mol. The van der Waals surface area contributed by atoms with Gasteiger partial charge in [-0.05, 0) is 31.0 Å². The average molecular weight is 291 g/mol. The number of fused-ring (bicyclic) bond motifs is 1. The number of carbonyl (C=O) groups is 2. The first kappa shape index (κ1) is 13.7. The van der Waals surface area contributed by atoms with Gasteiger partial charge in [0.05, 0.1) is 5.92 Å². The molecule has 21 heavy (non-hydrogen) atoms. The number of benzene rings is 1. The van der Waals surface area contributed by atoms with E-state index in [1.807, 2.05) is 0 Å². The van der Waals surface area contributed by atoms with Crippen LogP contribution >= 0.6 is 0 Å². The minimum absolute atomic E-state index is 0.157. The zero-order chi connectivity index (χ0) is 14.8. The largest absolute Gasteiger partial charge is 0.481 e. The van der Waals surface area contributed by atoms with Gasteiger partial charge in [0.1, 0.15) is 0 Å². The molecule has 2 atom stereocenters. The summed E-state index contributed by atoms with van der Waals surface area (Å²) in [5.41, 5.74) is 0.453. The third-order valence-corrected chi connectivity index (χ3v) is 4.03. The van der Waals surface area contributed by atoms with Crippen LogP contribution in [0.15, 0.2) is 18.2 Å². The predicted molar refractivity (Wildman–Crippen MR) is 73.4 cm³/mol. The lowest BCUT2D eigenvalue weighted by molar-refractivity contribution is -0.143. The molecule has 2 aliphatic rings. The van der Waals surface area contributed by atoms with Gasteiger partial charge >= 0.3 is 5.97 Å². The van der Waals surface area contributed by atoms with E-state index >= 15 is 0 Å². The molecule has 1 saturated carbocycles. The van der Waals surface area contributed by atoms with Crippen molar-refractivity contribution in [3.05, 3.63) is 23.8 Å². The number of nitrogens with one attached hydrogen (secondary N) is 1.